The molecule has 1 aromatic rings. The summed E-state index contributed by atoms with van der Waals surface area (Å²) >= 11 is 5.78. The molecule has 0 N–H and O–H groups in total. The van der Waals surface area contributed by atoms with Gasteiger partial charge in [0.2, 0.25) is 10.0 Å². The summed E-state index contributed by atoms with van der Waals surface area (Å²) in [4.78, 5) is 0.257. The number of sulfonamides is 1. The molecule has 0 radical (unpaired) electrons. The van der Waals surface area contributed by atoms with Gasteiger partial charge >= 0.3 is 0 Å². The van der Waals surface area contributed by atoms with E-state index in [1.807, 2.05) is 0 Å². The molecule has 0 aromatic heterocycles. The molecule has 0 unspecified atom stereocenters. The van der Waals surface area contributed by atoms with Crippen LogP contribution in [0.15, 0.2) is 41.8 Å². The highest BCUT2D eigenvalue weighted by atomic mass is 35.5. The molecule has 6 heteroatoms. The molecule has 1 aliphatic heterocycles. The van der Waals surface area contributed by atoms with Crippen LogP contribution in [0.1, 0.15) is 6.42 Å². The van der Waals surface area contributed by atoms with Crippen LogP contribution in [0.25, 0.3) is 0 Å². The van der Waals surface area contributed by atoms with E-state index in [2.05, 4.69) is 6.58 Å². The zero-order valence-corrected chi connectivity index (χ0v) is 12.0. The van der Waals surface area contributed by atoms with E-state index >= 15 is 0 Å². The standard InChI is InChI=1S/C13H16ClNO3S/c1-2-3-12-10-18-9-8-15(12)19(16,17)13-6-4-11(14)5-7-13/h2,4-7,12H,1,3,8-10H2/t12-/m1/s1. The van der Waals surface area contributed by atoms with Crippen molar-refractivity contribution in [3.8, 4) is 0 Å². The van der Waals surface area contributed by atoms with Crippen LogP contribution in [0.3, 0.4) is 0 Å². The predicted octanol–water partition coefficient (Wildman–Crippen LogP) is 2.31. The first-order valence-corrected chi connectivity index (χ1v) is 7.83. The first-order valence-electron chi connectivity index (χ1n) is 6.02. The molecule has 0 amide bonds. The average Bonchev–Trinajstić information content (AvgIpc) is 2.40. The number of rotatable bonds is 4. The monoisotopic (exact) mass is 301 g/mol. The average molecular weight is 302 g/mol. The van der Waals surface area contributed by atoms with E-state index in [4.69, 9.17) is 16.3 Å². The molecule has 0 aliphatic carbocycles. The second kappa shape index (κ2) is 6.05. The van der Waals surface area contributed by atoms with Crippen molar-refractivity contribution >= 4 is 21.6 Å². The molecule has 4 nitrogen and oxygen atoms in total. The van der Waals surface area contributed by atoms with Crippen LogP contribution in [-0.2, 0) is 14.8 Å². The highest BCUT2D eigenvalue weighted by molar-refractivity contribution is 7.89. The molecule has 1 fully saturated rings. The quantitative estimate of drug-likeness (QED) is 0.802. The molecular weight excluding hydrogens is 286 g/mol. The Kier molecular flexibility index (Phi) is 4.62. The van der Waals surface area contributed by atoms with E-state index in [1.165, 1.54) is 16.4 Å². The van der Waals surface area contributed by atoms with Gasteiger partial charge in [-0.1, -0.05) is 17.7 Å². The summed E-state index contributed by atoms with van der Waals surface area (Å²) in [5, 5.41) is 0.517. The summed E-state index contributed by atoms with van der Waals surface area (Å²) in [6.45, 7) is 4.84. The van der Waals surface area contributed by atoms with E-state index in [9.17, 15) is 8.42 Å². The zero-order chi connectivity index (χ0) is 13.9. The first-order chi connectivity index (χ1) is 9.05. The van der Waals surface area contributed by atoms with Crippen molar-refractivity contribution in [1.82, 2.24) is 4.31 Å². The van der Waals surface area contributed by atoms with E-state index in [-0.39, 0.29) is 10.9 Å². The van der Waals surface area contributed by atoms with Crippen molar-refractivity contribution < 1.29 is 13.2 Å². The number of hydrogen-bond donors (Lipinski definition) is 0. The summed E-state index contributed by atoms with van der Waals surface area (Å²) in [5.74, 6) is 0. The molecule has 104 valence electrons. The predicted molar refractivity (Wildman–Crippen MR) is 74.8 cm³/mol. The van der Waals surface area contributed by atoms with Crippen LogP contribution in [0.4, 0.5) is 0 Å². The Hall–Kier alpha value is -0.880. The van der Waals surface area contributed by atoms with E-state index < -0.39 is 10.0 Å². The maximum Gasteiger partial charge on any atom is 0.243 e. The fourth-order valence-corrected chi connectivity index (χ4v) is 3.81. The third kappa shape index (κ3) is 3.17. The third-order valence-corrected chi connectivity index (χ3v) is 5.25. The van der Waals surface area contributed by atoms with Crippen LogP contribution in [0.2, 0.25) is 5.02 Å². The Bertz CT molecular complexity index is 542. The number of morpholine rings is 1. The minimum atomic E-state index is -3.50. The maximum absolute atomic E-state index is 12.6. The highest BCUT2D eigenvalue weighted by Crippen LogP contribution is 2.23. The Morgan fingerprint density at radius 2 is 2.11 bits per heavy atom. The molecule has 1 atom stereocenters. The fraction of sp³-hybridized carbons (Fsp3) is 0.385. The van der Waals surface area contributed by atoms with Crippen molar-refractivity contribution in [2.24, 2.45) is 0 Å². The van der Waals surface area contributed by atoms with Gasteiger partial charge in [0.25, 0.3) is 0 Å². The topological polar surface area (TPSA) is 46.6 Å². The van der Waals surface area contributed by atoms with Crippen molar-refractivity contribution in [3.05, 3.63) is 41.9 Å². The Morgan fingerprint density at radius 1 is 1.42 bits per heavy atom. The number of hydrogen-bond acceptors (Lipinski definition) is 3. The molecule has 0 spiro atoms. The van der Waals surface area contributed by atoms with Gasteiger partial charge in [-0.05, 0) is 30.7 Å². The van der Waals surface area contributed by atoms with Gasteiger partial charge in [-0.15, -0.1) is 6.58 Å². The number of benzene rings is 1. The Morgan fingerprint density at radius 3 is 2.74 bits per heavy atom. The van der Waals surface area contributed by atoms with Crippen molar-refractivity contribution in [3.63, 3.8) is 0 Å². The lowest BCUT2D eigenvalue weighted by Gasteiger charge is -2.34. The molecule has 2 rings (SSSR count). The van der Waals surface area contributed by atoms with Gasteiger partial charge < -0.3 is 4.74 Å². The Balaban J connectivity index is 2.31. The van der Waals surface area contributed by atoms with Crippen LogP contribution in [0, 0.1) is 0 Å². The van der Waals surface area contributed by atoms with E-state index in [0.29, 0.717) is 31.2 Å². The van der Waals surface area contributed by atoms with Crippen LogP contribution in [-0.4, -0.2) is 38.5 Å². The van der Waals surface area contributed by atoms with E-state index in [1.54, 1.807) is 18.2 Å². The van der Waals surface area contributed by atoms with Crippen LogP contribution in [0.5, 0.6) is 0 Å². The largest absolute Gasteiger partial charge is 0.378 e. The molecule has 1 heterocycles. The lowest BCUT2D eigenvalue weighted by Crippen LogP contribution is -2.48. The summed E-state index contributed by atoms with van der Waals surface area (Å²) in [5.41, 5.74) is 0. The molecule has 1 aliphatic rings. The molecular formula is C13H16ClNO3S. The lowest BCUT2D eigenvalue weighted by atomic mass is 10.2. The van der Waals surface area contributed by atoms with Gasteiger partial charge in [-0.2, -0.15) is 4.31 Å². The van der Waals surface area contributed by atoms with Gasteiger partial charge in [0, 0.05) is 11.6 Å². The number of ether oxygens (including phenoxy) is 1. The van der Waals surface area contributed by atoms with Gasteiger partial charge in [0.1, 0.15) is 0 Å². The number of nitrogens with zero attached hydrogens (tertiary/aromatic N) is 1. The smallest absolute Gasteiger partial charge is 0.243 e. The summed E-state index contributed by atoms with van der Waals surface area (Å²) in [6.07, 6.45) is 2.29. The summed E-state index contributed by atoms with van der Waals surface area (Å²) in [7, 11) is -3.50. The van der Waals surface area contributed by atoms with Gasteiger partial charge in [0.15, 0.2) is 0 Å². The lowest BCUT2D eigenvalue weighted by molar-refractivity contribution is 0.0338. The van der Waals surface area contributed by atoms with Crippen molar-refractivity contribution in [2.75, 3.05) is 19.8 Å². The molecule has 1 aromatic carbocycles. The SMILES string of the molecule is C=CC[C@@H]1COCCN1S(=O)(=O)c1ccc(Cl)cc1. The minimum Gasteiger partial charge on any atom is -0.378 e. The molecule has 0 saturated carbocycles. The summed E-state index contributed by atoms with van der Waals surface area (Å²) in [6, 6.07) is 6.03. The zero-order valence-electron chi connectivity index (χ0n) is 10.5. The van der Waals surface area contributed by atoms with Crippen molar-refractivity contribution in [2.45, 2.75) is 17.4 Å². The molecule has 19 heavy (non-hydrogen) atoms. The van der Waals surface area contributed by atoms with Crippen LogP contribution < -0.4 is 0 Å². The van der Waals surface area contributed by atoms with Gasteiger partial charge in [-0.25, -0.2) is 8.42 Å². The normalized spacial score (nSPS) is 21.2. The second-order valence-electron chi connectivity index (χ2n) is 4.32. The van der Waals surface area contributed by atoms with Crippen molar-refractivity contribution in [1.29, 1.82) is 0 Å². The number of halogens is 1. The minimum absolute atomic E-state index is 0.188. The van der Waals surface area contributed by atoms with Gasteiger partial charge in [-0.3, -0.25) is 0 Å². The third-order valence-electron chi connectivity index (χ3n) is 3.03. The maximum atomic E-state index is 12.6. The van der Waals surface area contributed by atoms with Crippen LogP contribution >= 0.6 is 11.6 Å². The highest BCUT2D eigenvalue weighted by Gasteiger charge is 2.33. The second-order valence-corrected chi connectivity index (χ2v) is 6.65. The van der Waals surface area contributed by atoms with E-state index in [0.717, 1.165) is 0 Å². The Labute approximate surface area is 118 Å². The fourth-order valence-electron chi connectivity index (χ4n) is 2.08. The summed E-state index contributed by atoms with van der Waals surface area (Å²) < 4.78 is 32.0. The molecule has 1 saturated heterocycles. The molecule has 0 bridgehead atoms. The first kappa shape index (κ1) is 14.5. The van der Waals surface area contributed by atoms with Gasteiger partial charge in [0.05, 0.1) is 24.2 Å².